The van der Waals surface area contributed by atoms with Crippen molar-refractivity contribution in [2.75, 3.05) is 0 Å². The third-order valence-electron chi connectivity index (χ3n) is 12.1. The van der Waals surface area contributed by atoms with Crippen LogP contribution in [0.15, 0.2) is 164 Å². The Kier molecular flexibility index (Phi) is 20.8. The van der Waals surface area contributed by atoms with Crippen molar-refractivity contribution in [3.63, 3.8) is 0 Å². The summed E-state index contributed by atoms with van der Waals surface area (Å²) < 4.78 is 0. The Hall–Kier alpha value is -6.01. The number of fused-ring (bicyclic) bond motifs is 3. The molecule has 6 aromatic carbocycles. The molecular weight excluding hydrogens is 997 g/mol. The number of aryl methyl sites for hydroxylation is 3. The molecule has 7 heteroatoms. The molecule has 0 aliphatic rings. The number of rotatable bonds is 18. The third-order valence-corrected chi connectivity index (χ3v) is 12.1. The van der Waals surface area contributed by atoms with Gasteiger partial charge < -0.3 is 0 Å². The van der Waals surface area contributed by atoms with Crippen LogP contribution in [0.1, 0.15) is 115 Å². The molecule has 0 bridgehead atoms. The van der Waals surface area contributed by atoms with E-state index in [4.69, 9.17) is 15.0 Å². The molecule has 67 heavy (non-hydrogen) atoms. The fourth-order valence-corrected chi connectivity index (χ4v) is 8.08. The van der Waals surface area contributed by atoms with Gasteiger partial charge in [0.05, 0.1) is 68.8 Å². The van der Waals surface area contributed by atoms with Gasteiger partial charge in [0.2, 0.25) is 0 Å². The SMILES string of the molecule is CCCCCCc1ccc(-c2cnc3ccccc3n2)cc1.CCCCCCc1ccc(-c2cnc3ccccc3n2)cc1.CCCCCCc1ccc(-c2cnc3ccccc3n2)cc1.[Ir]. The summed E-state index contributed by atoms with van der Waals surface area (Å²) in [5.74, 6) is 0. The molecule has 0 unspecified atom stereocenters. The van der Waals surface area contributed by atoms with Crippen LogP contribution in [0.2, 0.25) is 0 Å². The first kappa shape index (κ1) is 50.4. The summed E-state index contributed by atoms with van der Waals surface area (Å²) in [4.78, 5) is 27.6. The quantitative estimate of drug-likeness (QED) is 0.0797. The molecular formula is C60H66IrN6. The van der Waals surface area contributed by atoms with E-state index in [1.165, 1.54) is 113 Å². The first-order valence-corrected chi connectivity index (χ1v) is 24.5. The molecule has 0 atom stereocenters. The van der Waals surface area contributed by atoms with E-state index in [1.54, 1.807) is 0 Å². The average molecular weight is 1060 g/mol. The number of hydrogen-bond donors (Lipinski definition) is 0. The van der Waals surface area contributed by atoms with Crippen molar-refractivity contribution in [1.29, 1.82) is 0 Å². The van der Waals surface area contributed by atoms with Gasteiger partial charge in [-0.1, -0.05) is 188 Å². The van der Waals surface area contributed by atoms with Crippen LogP contribution < -0.4 is 0 Å². The summed E-state index contributed by atoms with van der Waals surface area (Å²) in [7, 11) is 0. The van der Waals surface area contributed by atoms with Crippen LogP contribution in [0, 0.1) is 0 Å². The zero-order valence-corrected chi connectivity index (χ0v) is 42.1. The Morgan fingerprint density at radius 1 is 0.284 bits per heavy atom. The number of aromatic nitrogens is 6. The van der Waals surface area contributed by atoms with E-state index in [-0.39, 0.29) is 20.1 Å². The number of unbranched alkanes of at least 4 members (excludes halogenated alkanes) is 9. The van der Waals surface area contributed by atoms with Crippen LogP contribution in [0.5, 0.6) is 0 Å². The van der Waals surface area contributed by atoms with Crippen molar-refractivity contribution in [1.82, 2.24) is 29.9 Å². The summed E-state index contributed by atoms with van der Waals surface area (Å²) in [5, 5.41) is 0. The Morgan fingerprint density at radius 2 is 0.537 bits per heavy atom. The minimum atomic E-state index is 0. The molecule has 0 fully saturated rings. The van der Waals surface area contributed by atoms with Crippen LogP contribution in [-0.2, 0) is 39.4 Å². The molecule has 9 aromatic rings. The van der Waals surface area contributed by atoms with Crippen molar-refractivity contribution < 1.29 is 20.1 Å². The Bertz CT molecular complexity index is 2510. The maximum absolute atomic E-state index is 4.70. The second-order valence-electron chi connectivity index (χ2n) is 17.3. The van der Waals surface area contributed by atoms with E-state index in [2.05, 4.69) is 109 Å². The molecule has 0 N–H and O–H groups in total. The van der Waals surface area contributed by atoms with Gasteiger partial charge in [0.25, 0.3) is 0 Å². The van der Waals surface area contributed by atoms with Crippen LogP contribution in [0.25, 0.3) is 66.9 Å². The van der Waals surface area contributed by atoms with E-state index in [9.17, 15) is 0 Å². The van der Waals surface area contributed by atoms with Crippen LogP contribution >= 0.6 is 0 Å². The number of nitrogens with zero attached hydrogens (tertiary/aromatic N) is 6. The van der Waals surface area contributed by atoms with E-state index >= 15 is 0 Å². The number of hydrogen-bond acceptors (Lipinski definition) is 6. The van der Waals surface area contributed by atoms with E-state index in [0.717, 1.165) is 66.9 Å². The van der Waals surface area contributed by atoms with Gasteiger partial charge in [-0.3, -0.25) is 15.0 Å². The predicted octanol–water partition coefficient (Wildman–Crippen LogP) is 16.3. The standard InChI is InChI=1S/3C20H22N2.Ir/c3*1-2-3-4-5-8-16-11-13-17(14-12-16)20-15-21-18-9-6-7-10-19(18)22-20;/h3*6-7,9-15H,2-5,8H2,1H3;. The maximum Gasteiger partial charge on any atom is 0.0894 e. The summed E-state index contributed by atoms with van der Waals surface area (Å²) in [6, 6.07) is 50.3. The number of benzene rings is 6. The van der Waals surface area contributed by atoms with Crippen molar-refractivity contribution in [3.8, 4) is 33.8 Å². The van der Waals surface area contributed by atoms with Gasteiger partial charge in [0.1, 0.15) is 0 Å². The molecule has 1 radical (unpaired) electrons. The number of para-hydroxylation sites is 6. The molecule has 3 aromatic heterocycles. The van der Waals surface area contributed by atoms with Gasteiger partial charge >= 0.3 is 0 Å². The Labute approximate surface area is 412 Å². The van der Waals surface area contributed by atoms with Crippen molar-refractivity contribution in [2.45, 2.75) is 117 Å². The monoisotopic (exact) mass is 1060 g/mol. The first-order chi connectivity index (χ1) is 32.6. The van der Waals surface area contributed by atoms with Gasteiger partial charge in [0, 0.05) is 36.8 Å². The molecule has 345 valence electrons. The molecule has 0 saturated carbocycles. The zero-order valence-electron chi connectivity index (χ0n) is 39.7. The average Bonchev–Trinajstić information content (AvgIpc) is 3.38. The van der Waals surface area contributed by atoms with Crippen LogP contribution in [0.3, 0.4) is 0 Å². The second-order valence-corrected chi connectivity index (χ2v) is 17.3. The summed E-state index contributed by atoms with van der Waals surface area (Å²) in [6.45, 7) is 6.75. The molecule has 0 spiro atoms. The second kappa shape index (κ2) is 27.6. The largest absolute Gasteiger partial charge is 0.252 e. The van der Waals surface area contributed by atoms with Crippen molar-refractivity contribution >= 4 is 33.1 Å². The van der Waals surface area contributed by atoms with E-state index in [0.29, 0.717) is 0 Å². The van der Waals surface area contributed by atoms with Crippen molar-refractivity contribution in [2.24, 2.45) is 0 Å². The molecule has 0 aliphatic carbocycles. The molecule has 0 saturated heterocycles. The summed E-state index contributed by atoms with van der Waals surface area (Å²) in [6.07, 6.45) is 24.8. The van der Waals surface area contributed by atoms with E-state index < -0.39 is 0 Å². The van der Waals surface area contributed by atoms with E-state index in [1.807, 2.05) is 91.4 Å². The minimum Gasteiger partial charge on any atom is -0.252 e. The van der Waals surface area contributed by atoms with Crippen LogP contribution in [-0.4, -0.2) is 29.9 Å². The Balaban J connectivity index is 0.000000165. The normalized spacial score (nSPS) is 10.8. The minimum absolute atomic E-state index is 0. The summed E-state index contributed by atoms with van der Waals surface area (Å²) in [5.41, 5.74) is 16.1. The Morgan fingerprint density at radius 3 is 0.791 bits per heavy atom. The van der Waals surface area contributed by atoms with Gasteiger partial charge in [-0.15, -0.1) is 0 Å². The topological polar surface area (TPSA) is 77.3 Å². The fraction of sp³-hybridized carbons (Fsp3) is 0.300. The summed E-state index contributed by atoms with van der Waals surface area (Å²) >= 11 is 0. The molecule has 6 nitrogen and oxygen atoms in total. The zero-order chi connectivity index (χ0) is 45.6. The predicted molar refractivity (Wildman–Crippen MR) is 278 cm³/mol. The molecule has 3 heterocycles. The van der Waals surface area contributed by atoms with Crippen LogP contribution in [0.4, 0.5) is 0 Å². The smallest absolute Gasteiger partial charge is 0.0894 e. The molecule has 0 amide bonds. The first-order valence-electron chi connectivity index (χ1n) is 24.5. The van der Waals surface area contributed by atoms with Gasteiger partial charge in [-0.2, -0.15) is 0 Å². The molecule has 0 aliphatic heterocycles. The fourth-order valence-electron chi connectivity index (χ4n) is 8.08. The van der Waals surface area contributed by atoms with Crippen molar-refractivity contribution in [3.05, 3.63) is 181 Å². The molecule has 9 rings (SSSR count). The third kappa shape index (κ3) is 15.5. The van der Waals surface area contributed by atoms with Gasteiger partial charge in [-0.25, -0.2) is 15.0 Å². The van der Waals surface area contributed by atoms with Gasteiger partial charge in [0.15, 0.2) is 0 Å². The maximum atomic E-state index is 4.70. The van der Waals surface area contributed by atoms with Gasteiger partial charge in [-0.05, 0) is 91.6 Å².